The first-order chi connectivity index (χ1) is 4.56. The summed E-state index contributed by atoms with van der Waals surface area (Å²) in [4.78, 5) is 18.9. The minimum atomic E-state index is -1.38. The molecule has 0 amide bonds. The lowest BCUT2D eigenvalue weighted by Crippen LogP contribution is -2.05. The molecule has 0 aromatic carbocycles. The Morgan fingerprint density at radius 2 is 1.70 bits per heavy atom. The summed E-state index contributed by atoms with van der Waals surface area (Å²) >= 11 is 0. The van der Waals surface area contributed by atoms with Gasteiger partial charge in [0, 0.05) is 6.92 Å². The van der Waals surface area contributed by atoms with Crippen molar-refractivity contribution in [2.75, 3.05) is 6.54 Å². The smallest absolute Gasteiger partial charge is 0.371 e. The Morgan fingerprint density at radius 3 is 1.70 bits per heavy atom. The number of ketones is 1. The Hall–Kier alpha value is -0.900. The summed E-state index contributed by atoms with van der Waals surface area (Å²) in [6, 6.07) is 0. The van der Waals surface area contributed by atoms with Crippen LogP contribution in [-0.2, 0) is 9.59 Å². The van der Waals surface area contributed by atoms with Gasteiger partial charge in [-0.3, -0.25) is 4.79 Å². The molecule has 0 aromatic heterocycles. The lowest BCUT2D eigenvalue weighted by atomic mass is 10.5. The maximum absolute atomic E-state index is 9.54. The standard InChI is InChI=1S/C3H9N.C3H4O3/c1-2-3-4;1-2(4)3(5)6/h2-4H2,1H3;1H3,(H,5,6). The largest absolute Gasteiger partial charge is 0.476 e. The van der Waals surface area contributed by atoms with Gasteiger partial charge < -0.3 is 10.8 Å². The second kappa shape index (κ2) is 8.10. The maximum atomic E-state index is 9.54. The van der Waals surface area contributed by atoms with Gasteiger partial charge >= 0.3 is 5.97 Å². The molecule has 0 saturated carbocycles. The minimum absolute atomic E-state index is 0.819. The Bertz CT molecular complexity index is 97.6. The third-order valence-corrected chi connectivity index (χ3v) is 0.590. The molecule has 0 aliphatic rings. The highest BCUT2D eigenvalue weighted by molar-refractivity contribution is 6.31. The summed E-state index contributed by atoms with van der Waals surface area (Å²) in [6.45, 7) is 3.88. The zero-order valence-electron chi connectivity index (χ0n) is 6.26. The number of carboxylic acids is 1. The average molecular weight is 147 g/mol. The SMILES string of the molecule is CC(=O)C(=O)O.CCCN. The molecule has 0 aromatic rings. The zero-order valence-corrected chi connectivity index (χ0v) is 6.26. The van der Waals surface area contributed by atoms with Gasteiger partial charge in [0.1, 0.15) is 0 Å². The van der Waals surface area contributed by atoms with Crippen LogP contribution in [-0.4, -0.2) is 23.4 Å². The molecule has 0 aliphatic carbocycles. The van der Waals surface area contributed by atoms with Crippen LogP contribution in [0.25, 0.3) is 0 Å². The number of carbonyl (C=O) groups excluding carboxylic acids is 1. The number of carbonyl (C=O) groups is 2. The van der Waals surface area contributed by atoms with Crippen LogP contribution in [0.1, 0.15) is 20.3 Å². The zero-order chi connectivity index (χ0) is 8.57. The van der Waals surface area contributed by atoms with E-state index in [4.69, 9.17) is 10.8 Å². The fourth-order valence-electron chi connectivity index (χ4n) is 0. The summed E-state index contributed by atoms with van der Waals surface area (Å²) in [7, 11) is 0. The van der Waals surface area contributed by atoms with Crippen LogP contribution in [0.2, 0.25) is 0 Å². The fraction of sp³-hybridized carbons (Fsp3) is 0.667. The van der Waals surface area contributed by atoms with Crippen LogP contribution < -0.4 is 5.73 Å². The Morgan fingerprint density at radius 1 is 1.50 bits per heavy atom. The first-order valence-corrected chi connectivity index (χ1v) is 3.00. The van der Waals surface area contributed by atoms with E-state index in [2.05, 4.69) is 6.92 Å². The monoisotopic (exact) mass is 147 g/mol. The summed E-state index contributed by atoms with van der Waals surface area (Å²) < 4.78 is 0. The van der Waals surface area contributed by atoms with Gasteiger partial charge in [-0.15, -0.1) is 0 Å². The van der Waals surface area contributed by atoms with Crippen LogP contribution in [0.5, 0.6) is 0 Å². The Balaban J connectivity index is 0. The molecular formula is C6H13NO3. The van der Waals surface area contributed by atoms with Crippen molar-refractivity contribution < 1.29 is 14.7 Å². The predicted molar refractivity (Wildman–Crippen MR) is 37.7 cm³/mol. The molecular weight excluding hydrogens is 134 g/mol. The highest BCUT2D eigenvalue weighted by atomic mass is 16.4. The van der Waals surface area contributed by atoms with Crippen molar-refractivity contribution in [2.45, 2.75) is 20.3 Å². The molecule has 10 heavy (non-hydrogen) atoms. The number of carboxylic acid groups (broad SMARTS) is 1. The van der Waals surface area contributed by atoms with Crippen LogP contribution in [0, 0.1) is 0 Å². The molecule has 3 N–H and O–H groups in total. The molecule has 0 fully saturated rings. The van der Waals surface area contributed by atoms with E-state index < -0.39 is 11.8 Å². The maximum Gasteiger partial charge on any atom is 0.371 e. The fourth-order valence-corrected chi connectivity index (χ4v) is 0. The van der Waals surface area contributed by atoms with Gasteiger partial charge in [0.05, 0.1) is 0 Å². The molecule has 4 nitrogen and oxygen atoms in total. The molecule has 0 spiro atoms. The molecule has 0 rings (SSSR count). The van der Waals surface area contributed by atoms with Gasteiger partial charge in [-0.25, -0.2) is 4.79 Å². The topological polar surface area (TPSA) is 80.4 Å². The van der Waals surface area contributed by atoms with Gasteiger partial charge in [0.25, 0.3) is 0 Å². The van der Waals surface area contributed by atoms with Crippen molar-refractivity contribution >= 4 is 11.8 Å². The van der Waals surface area contributed by atoms with E-state index in [9.17, 15) is 9.59 Å². The Labute approximate surface area is 60.0 Å². The molecule has 0 atom stereocenters. The van der Waals surface area contributed by atoms with E-state index in [1.54, 1.807) is 0 Å². The molecule has 0 bridgehead atoms. The van der Waals surface area contributed by atoms with E-state index in [0.717, 1.165) is 19.9 Å². The van der Waals surface area contributed by atoms with Gasteiger partial charge in [-0.05, 0) is 13.0 Å². The lowest BCUT2D eigenvalue weighted by molar-refractivity contribution is -0.148. The lowest BCUT2D eigenvalue weighted by Gasteiger charge is -1.73. The van der Waals surface area contributed by atoms with Crippen LogP contribution in [0.15, 0.2) is 0 Å². The number of hydrogen-bond acceptors (Lipinski definition) is 3. The number of Topliss-reactive ketones (excluding diaryl/α,β-unsaturated/α-hetero) is 1. The third kappa shape index (κ3) is 15.7. The molecule has 0 unspecified atom stereocenters. The summed E-state index contributed by atoms with van der Waals surface area (Å²) in [6.07, 6.45) is 1.10. The Kier molecular flexibility index (Phi) is 9.59. The second-order valence-electron chi connectivity index (χ2n) is 1.65. The van der Waals surface area contributed by atoms with E-state index in [1.165, 1.54) is 0 Å². The van der Waals surface area contributed by atoms with Crippen molar-refractivity contribution in [3.63, 3.8) is 0 Å². The first-order valence-electron chi connectivity index (χ1n) is 3.00. The minimum Gasteiger partial charge on any atom is -0.476 e. The van der Waals surface area contributed by atoms with Crippen molar-refractivity contribution in [3.8, 4) is 0 Å². The van der Waals surface area contributed by atoms with Gasteiger partial charge in [-0.2, -0.15) is 0 Å². The number of aliphatic carboxylic acids is 1. The van der Waals surface area contributed by atoms with Gasteiger partial charge in [0.15, 0.2) is 0 Å². The van der Waals surface area contributed by atoms with Crippen LogP contribution in [0.4, 0.5) is 0 Å². The molecule has 60 valence electrons. The van der Waals surface area contributed by atoms with Gasteiger partial charge in [0.2, 0.25) is 5.78 Å². The molecule has 4 heteroatoms. The van der Waals surface area contributed by atoms with E-state index in [-0.39, 0.29) is 0 Å². The summed E-state index contributed by atoms with van der Waals surface area (Å²) in [5.41, 5.74) is 5.03. The number of rotatable bonds is 2. The predicted octanol–water partition coefficient (Wildman–Crippen LogP) is 0.0151. The van der Waals surface area contributed by atoms with E-state index in [1.807, 2.05) is 0 Å². The van der Waals surface area contributed by atoms with Gasteiger partial charge in [-0.1, -0.05) is 6.92 Å². The third-order valence-electron chi connectivity index (χ3n) is 0.590. The van der Waals surface area contributed by atoms with Crippen LogP contribution >= 0.6 is 0 Å². The van der Waals surface area contributed by atoms with Crippen LogP contribution in [0.3, 0.4) is 0 Å². The van der Waals surface area contributed by atoms with Crippen molar-refractivity contribution in [1.82, 2.24) is 0 Å². The van der Waals surface area contributed by atoms with E-state index >= 15 is 0 Å². The molecule has 0 radical (unpaired) electrons. The highest BCUT2D eigenvalue weighted by Gasteiger charge is 1.98. The molecule has 0 aliphatic heterocycles. The first kappa shape index (κ1) is 11.8. The number of hydrogen-bond donors (Lipinski definition) is 2. The summed E-state index contributed by atoms with van der Waals surface area (Å²) in [5.74, 6) is -2.20. The highest BCUT2D eigenvalue weighted by Crippen LogP contribution is 1.61. The van der Waals surface area contributed by atoms with E-state index in [0.29, 0.717) is 0 Å². The summed E-state index contributed by atoms with van der Waals surface area (Å²) in [5, 5.41) is 7.64. The molecule has 0 heterocycles. The number of nitrogens with two attached hydrogens (primary N) is 1. The normalized spacial score (nSPS) is 7.50. The van der Waals surface area contributed by atoms with Crippen molar-refractivity contribution in [1.29, 1.82) is 0 Å². The second-order valence-corrected chi connectivity index (χ2v) is 1.65. The quantitative estimate of drug-likeness (QED) is 0.539. The average Bonchev–Trinajstić information content (AvgIpc) is 1.89. The van der Waals surface area contributed by atoms with Crippen molar-refractivity contribution in [2.24, 2.45) is 5.73 Å². The van der Waals surface area contributed by atoms with Crippen molar-refractivity contribution in [3.05, 3.63) is 0 Å². The molecule has 0 saturated heterocycles.